The van der Waals surface area contributed by atoms with E-state index in [1.807, 2.05) is 0 Å². The second kappa shape index (κ2) is 3.14. The quantitative estimate of drug-likeness (QED) is 0.521. The molecule has 1 aliphatic heterocycles. The Morgan fingerprint density at radius 3 is 2.55 bits per heavy atom. The van der Waals surface area contributed by atoms with E-state index >= 15 is 0 Å². The third-order valence-corrected chi connectivity index (χ3v) is 2.61. The molecule has 1 nitrogen and oxygen atoms in total. The molecule has 1 rings (SSSR count). The Bertz CT molecular complexity index is 139. The SMILES string of the molecule is [2H]CN1CCCC[C@H]1C(C)(C)C. The van der Waals surface area contributed by atoms with Gasteiger partial charge in [0.1, 0.15) is 0 Å². The van der Waals surface area contributed by atoms with E-state index in [2.05, 4.69) is 25.7 Å². The van der Waals surface area contributed by atoms with E-state index in [1.54, 1.807) is 0 Å². The van der Waals surface area contributed by atoms with Crippen molar-refractivity contribution >= 4 is 0 Å². The van der Waals surface area contributed by atoms with Crippen molar-refractivity contribution in [2.24, 2.45) is 5.41 Å². The molecule has 0 amide bonds. The van der Waals surface area contributed by atoms with Gasteiger partial charge >= 0.3 is 0 Å². The first kappa shape index (κ1) is 7.60. The standard InChI is InChI=1S/C10H21N/c1-10(2,3)9-7-5-6-8-11(9)4/h9H,5-8H2,1-4H3/t9-/m0/s1/i4D. The number of piperidine rings is 1. The van der Waals surface area contributed by atoms with Crippen molar-refractivity contribution in [3.63, 3.8) is 0 Å². The van der Waals surface area contributed by atoms with Crippen LogP contribution in [-0.4, -0.2) is 24.5 Å². The van der Waals surface area contributed by atoms with Gasteiger partial charge in [0.2, 0.25) is 0 Å². The summed E-state index contributed by atoms with van der Waals surface area (Å²) >= 11 is 0. The van der Waals surface area contributed by atoms with Gasteiger partial charge in [0.15, 0.2) is 0 Å². The van der Waals surface area contributed by atoms with Gasteiger partial charge in [-0.25, -0.2) is 0 Å². The Labute approximate surface area is 72.2 Å². The van der Waals surface area contributed by atoms with E-state index in [0.29, 0.717) is 18.5 Å². The molecule has 0 radical (unpaired) electrons. The molecule has 11 heavy (non-hydrogen) atoms. The minimum absolute atomic E-state index is 0.349. The fraction of sp³-hybridized carbons (Fsp3) is 1.00. The van der Waals surface area contributed by atoms with Gasteiger partial charge in [-0.2, -0.15) is 0 Å². The predicted octanol–water partition coefficient (Wildman–Crippen LogP) is 2.52. The van der Waals surface area contributed by atoms with Crippen molar-refractivity contribution in [2.45, 2.75) is 46.1 Å². The first-order valence-electron chi connectivity index (χ1n) is 5.29. The minimum Gasteiger partial charge on any atom is -0.303 e. The first-order valence-corrected chi connectivity index (χ1v) is 4.59. The molecular formula is C10H21N. The van der Waals surface area contributed by atoms with Gasteiger partial charge in [-0.3, -0.25) is 0 Å². The van der Waals surface area contributed by atoms with E-state index in [1.165, 1.54) is 19.3 Å². The Balaban J connectivity index is 2.59. The van der Waals surface area contributed by atoms with Crippen LogP contribution in [0.4, 0.5) is 0 Å². The molecule has 0 aromatic rings. The Kier molecular flexibility index (Phi) is 2.17. The summed E-state index contributed by atoms with van der Waals surface area (Å²) in [5, 5.41) is 0. The molecule has 0 spiro atoms. The molecule has 0 bridgehead atoms. The van der Waals surface area contributed by atoms with Gasteiger partial charge in [-0.15, -0.1) is 0 Å². The van der Waals surface area contributed by atoms with Crippen LogP contribution in [0.1, 0.15) is 41.4 Å². The molecule has 0 aromatic carbocycles. The lowest BCUT2D eigenvalue weighted by atomic mass is 9.81. The average molecular weight is 156 g/mol. The van der Waals surface area contributed by atoms with Crippen LogP contribution in [0.15, 0.2) is 0 Å². The lowest BCUT2D eigenvalue weighted by molar-refractivity contribution is 0.0883. The molecule has 1 aliphatic rings. The normalized spacial score (nSPS) is 30.1. The maximum atomic E-state index is 7.43. The van der Waals surface area contributed by atoms with E-state index in [9.17, 15) is 0 Å². The number of rotatable bonds is 0. The first-order chi connectivity index (χ1) is 5.55. The molecule has 1 atom stereocenters. The summed E-state index contributed by atoms with van der Waals surface area (Å²) in [5.41, 5.74) is 0.349. The summed E-state index contributed by atoms with van der Waals surface area (Å²) in [6.07, 6.45) is 3.91. The molecule has 1 saturated heterocycles. The number of hydrogen-bond acceptors (Lipinski definition) is 1. The zero-order chi connectivity index (χ0) is 9.19. The molecule has 0 saturated carbocycles. The van der Waals surface area contributed by atoms with Gasteiger partial charge in [0.25, 0.3) is 0 Å². The highest BCUT2D eigenvalue weighted by Gasteiger charge is 2.29. The highest BCUT2D eigenvalue weighted by molar-refractivity contribution is 4.84. The monoisotopic (exact) mass is 156 g/mol. The topological polar surface area (TPSA) is 3.24 Å². The molecule has 1 fully saturated rings. The van der Waals surface area contributed by atoms with Gasteiger partial charge < -0.3 is 4.90 Å². The summed E-state index contributed by atoms with van der Waals surface area (Å²) in [5.74, 6) is 0. The van der Waals surface area contributed by atoms with Crippen molar-refractivity contribution in [1.29, 1.82) is 0 Å². The lowest BCUT2D eigenvalue weighted by Crippen LogP contribution is -2.44. The molecule has 66 valence electrons. The number of nitrogens with zero attached hydrogens (tertiary/aromatic N) is 1. The zero-order valence-electron chi connectivity index (χ0n) is 9.06. The fourth-order valence-corrected chi connectivity index (χ4v) is 1.97. The van der Waals surface area contributed by atoms with Crippen molar-refractivity contribution in [1.82, 2.24) is 4.90 Å². The van der Waals surface area contributed by atoms with Crippen molar-refractivity contribution in [2.75, 3.05) is 13.6 Å². The van der Waals surface area contributed by atoms with Gasteiger partial charge in [-0.05, 0) is 31.8 Å². The van der Waals surface area contributed by atoms with Gasteiger partial charge in [0.05, 0.1) is 0 Å². The highest BCUT2D eigenvalue weighted by Crippen LogP contribution is 2.30. The fourth-order valence-electron chi connectivity index (χ4n) is 1.97. The van der Waals surface area contributed by atoms with Crippen LogP contribution in [0.2, 0.25) is 0 Å². The van der Waals surface area contributed by atoms with Crippen LogP contribution < -0.4 is 0 Å². The summed E-state index contributed by atoms with van der Waals surface area (Å²) in [6, 6.07) is 0.628. The molecule has 1 heteroatoms. The van der Waals surface area contributed by atoms with Crippen LogP contribution in [0.3, 0.4) is 0 Å². The van der Waals surface area contributed by atoms with Crippen molar-refractivity contribution < 1.29 is 1.37 Å². The van der Waals surface area contributed by atoms with Crippen LogP contribution in [0.5, 0.6) is 0 Å². The predicted molar refractivity (Wildman–Crippen MR) is 49.7 cm³/mol. The van der Waals surface area contributed by atoms with E-state index < -0.39 is 0 Å². The maximum absolute atomic E-state index is 7.43. The minimum atomic E-state index is 0.349. The Morgan fingerprint density at radius 2 is 2.09 bits per heavy atom. The average Bonchev–Trinajstić information content (AvgIpc) is 2.03. The summed E-state index contributed by atoms with van der Waals surface area (Å²) in [7, 11) is 0.474. The summed E-state index contributed by atoms with van der Waals surface area (Å²) in [4.78, 5) is 2.31. The number of hydrogen-bond donors (Lipinski definition) is 0. The van der Waals surface area contributed by atoms with E-state index in [4.69, 9.17) is 1.37 Å². The summed E-state index contributed by atoms with van der Waals surface area (Å²) in [6.45, 7) is 7.98. The van der Waals surface area contributed by atoms with Gasteiger partial charge in [-0.1, -0.05) is 27.2 Å². The highest BCUT2D eigenvalue weighted by atomic mass is 15.1. The third kappa shape index (κ3) is 2.19. The Hall–Kier alpha value is -0.0400. The lowest BCUT2D eigenvalue weighted by Gasteiger charge is -2.41. The molecule has 0 aliphatic carbocycles. The summed E-state index contributed by atoms with van der Waals surface area (Å²) < 4.78 is 7.43. The van der Waals surface area contributed by atoms with Crippen LogP contribution in [0, 0.1) is 5.41 Å². The van der Waals surface area contributed by atoms with E-state index in [0.717, 1.165) is 6.54 Å². The molecule has 0 unspecified atom stereocenters. The second-order valence-electron chi connectivity index (χ2n) is 4.69. The van der Waals surface area contributed by atoms with Crippen LogP contribution >= 0.6 is 0 Å². The van der Waals surface area contributed by atoms with Crippen molar-refractivity contribution in [3.05, 3.63) is 0 Å². The molecule has 0 N–H and O–H groups in total. The zero-order valence-corrected chi connectivity index (χ0v) is 8.06. The maximum Gasteiger partial charge on any atom is 0.0394 e. The smallest absolute Gasteiger partial charge is 0.0394 e. The molecule has 1 heterocycles. The molecular weight excluding hydrogens is 134 g/mol. The van der Waals surface area contributed by atoms with Crippen molar-refractivity contribution in [3.8, 4) is 0 Å². The Morgan fingerprint density at radius 1 is 1.36 bits per heavy atom. The van der Waals surface area contributed by atoms with E-state index in [-0.39, 0.29) is 0 Å². The third-order valence-electron chi connectivity index (χ3n) is 2.61. The largest absolute Gasteiger partial charge is 0.303 e. The number of likely N-dealkylation sites (tertiary alicyclic amines) is 1. The van der Waals surface area contributed by atoms with Crippen LogP contribution in [0.25, 0.3) is 0 Å². The van der Waals surface area contributed by atoms with Crippen LogP contribution in [-0.2, 0) is 0 Å². The van der Waals surface area contributed by atoms with Gasteiger partial charge in [0, 0.05) is 7.41 Å². The second-order valence-corrected chi connectivity index (χ2v) is 4.69. The molecule has 0 aromatic heterocycles.